The molecule has 2 aromatic heterocycles. The number of hydrogen-bond acceptors (Lipinski definition) is 5. The molecule has 0 radical (unpaired) electrons. The third kappa shape index (κ3) is 3.59. The molecule has 1 aliphatic rings. The summed E-state index contributed by atoms with van der Waals surface area (Å²) in [6, 6.07) is 9.67. The summed E-state index contributed by atoms with van der Waals surface area (Å²) in [5.74, 6) is -0.0417. The Morgan fingerprint density at radius 1 is 1.27 bits per heavy atom. The van der Waals surface area contributed by atoms with Crippen molar-refractivity contribution in [2.24, 2.45) is 0 Å². The van der Waals surface area contributed by atoms with E-state index >= 15 is 0 Å². The van der Waals surface area contributed by atoms with Crippen molar-refractivity contribution in [3.8, 4) is 17.3 Å². The van der Waals surface area contributed by atoms with Gasteiger partial charge in [0, 0.05) is 37.3 Å². The zero-order valence-electron chi connectivity index (χ0n) is 17.0. The second-order valence-corrected chi connectivity index (χ2v) is 7.58. The summed E-state index contributed by atoms with van der Waals surface area (Å²) in [6.45, 7) is 2.80. The molecule has 1 saturated heterocycles. The summed E-state index contributed by atoms with van der Waals surface area (Å²) < 4.78 is 16.0. The Labute approximate surface area is 174 Å². The molecule has 8 heteroatoms. The van der Waals surface area contributed by atoms with E-state index in [1.807, 2.05) is 11.0 Å². The van der Waals surface area contributed by atoms with E-state index in [1.165, 1.54) is 12.1 Å². The Hall–Kier alpha value is -3.47. The lowest BCUT2D eigenvalue weighted by Crippen LogP contribution is -2.38. The molecule has 7 nitrogen and oxygen atoms in total. The lowest BCUT2D eigenvalue weighted by atomic mass is 10.1. The third-order valence-electron chi connectivity index (χ3n) is 5.59. The second-order valence-electron chi connectivity index (χ2n) is 7.58. The van der Waals surface area contributed by atoms with Crippen LogP contribution in [-0.4, -0.2) is 45.0 Å². The Balaban J connectivity index is 1.76. The van der Waals surface area contributed by atoms with Crippen molar-refractivity contribution < 1.29 is 9.18 Å². The van der Waals surface area contributed by atoms with Gasteiger partial charge < -0.3 is 10.2 Å². The highest BCUT2D eigenvalue weighted by molar-refractivity contribution is 5.94. The number of anilines is 1. The molecule has 0 aliphatic carbocycles. The normalized spacial score (nSPS) is 16.9. The predicted octanol–water partition coefficient (Wildman–Crippen LogP) is 3.85. The molecule has 1 N–H and O–H groups in total. The average molecular weight is 406 g/mol. The fourth-order valence-electron chi connectivity index (χ4n) is 3.91. The van der Waals surface area contributed by atoms with E-state index in [9.17, 15) is 9.18 Å². The predicted molar refractivity (Wildman–Crippen MR) is 112 cm³/mol. The van der Waals surface area contributed by atoms with Crippen molar-refractivity contribution in [3.63, 3.8) is 0 Å². The van der Waals surface area contributed by atoms with Crippen LogP contribution in [-0.2, 0) is 0 Å². The lowest BCUT2D eigenvalue weighted by Gasteiger charge is -2.27. The first-order valence-electron chi connectivity index (χ1n) is 10.1. The number of nitriles is 1. The van der Waals surface area contributed by atoms with Crippen LogP contribution < -0.4 is 5.32 Å². The number of hydrogen-bond donors (Lipinski definition) is 1. The zero-order chi connectivity index (χ0) is 21.3. The van der Waals surface area contributed by atoms with Crippen LogP contribution in [0.3, 0.4) is 0 Å². The van der Waals surface area contributed by atoms with Gasteiger partial charge in [-0.3, -0.25) is 4.79 Å². The Morgan fingerprint density at radius 3 is 2.83 bits per heavy atom. The first kappa shape index (κ1) is 19.8. The van der Waals surface area contributed by atoms with Crippen molar-refractivity contribution in [3.05, 3.63) is 47.4 Å². The monoisotopic (exact) mass is 406 g/mol. The van der Waals surface area contributed by atoms with Crippen molar-refractivity contribution in [1.29, 1.82) is 5.26 Å². The fraction of sp³-hybridized carbons (Fsp3) is 0.364. The summed E-state index contributed by atoms with van der Waals surface area (Å²) in [5, 5.41) is 16.4. The van der Waals surface area contributed by atoms with Crippen molar-refractivity contribution in [2.45, 2.75) is 38.6 Å². The minimum absolute atomic E-state index is 0.101. The number of nitrogens with one attached hydrogen (secondary N) is 1. The Morgan fingerprint density at radius 2 is 2.10 bits per heavy atom. The Kier molecular flexibility index (Phi) is 5.36. The number of likely N-dealkylation sites (tertiary alicyclic amines) is 1. The van der Waals surface area contributed by atoms with Crippen molar-refractivity contribution in [1.82, 2.24) is 19.5 Å². The second kappa shape index (κ2) is 8.11. The summed E-state index contributed by atoms with van der Waals surface area (Å²) in [5.41, 5.74) is 1.69. The maximum atomic E-state index is 14.5. The average Bonchev–Trinajstić information content (AvgIpc) is 3.06. The highest BCUT2D eigenvalue weighted by Crippen LogP contribution is 2.26. The molecule has 3 aromatic rings. The molecule has 4 rings (SSSR count). The van der Waals surface area contributed by atoms with Gasteiger partial charge in [-0.25, -0.2) is 9.37 Å². The van der Waals surface area contributed by atoms with E-state index in [0.717, 1.165) is 32.2 Å². The standard InChI is InChI=1S/C22H23FN6O/c1-14-6-4-3-5-9-28(14)22(30)19-12-20(25-2)29-21(26-19)11-18(27-29)16-8-7-15(13-24)10-17(16)23/h7-8,10-12,14,25H,3-6,9H2,1-2H3. The van der Waals surface area contributed by atoms with Crippen LogP contribution in [0.2, 0.25) is 0 Å². The van der Waals surface area contributed by atoms with Crippen LogP contribution in [0.15, 0.2) is 30.3 Å². The van der Waals surface area contributed by atoms with E-state index in [-0.39, 0.29) is 23.1 Å². The van der Waals surface area contributed by atoms with Gasteiger partial charge in [0.25, 0.3) is 5.91 Å². The van der Waals surface area contributed by atoms with Crippen molar-refractivity contribution >= 4 is 17.4 Å². The van der Waals surface area contributed by atoms with Gasteiger partial charge in [0.15, 0.2) is 5.65 Å². The number of rotatable bonds is 3. The van der Waals surface area contributed by atoms with Crippen LogP contribution in [0.5, 0.6) is 0 Å². The largest absolute Gasteiger partial charge is 0.373 e. The van der Waals surface area contributed by atoms with Gasteiger partial charge in [-0.15, -0.1) is 0 Å². The number of amides is 1. The van der Waals surface area contributed by atoms with E-state index in [2.05, 4.69) is 22.3 Å². The first-order valence-corrected chi connectivity index (χ1v) is 10.1. The maximum Gasteiger partial charge on any atom is 0.272 e. The van der Waals surface area contributed by atoms with E-state index in [4.69, 9.17) is 5.26 Å². The van der Waals surface area contributed by atoms with Crippen LogP contribution in [0.25, 0.3) is 16.9 Å². The summed E-state index contributed by atoms with van der Waals surface area (Å²) in [4.78, 5) is 19.6. The van der Waals surface area contributed by atoms with Gasteiger partial charge in [0.1, 0.15) is 17.3 Å². The molecule has 3 heterocycles. The van der Waals surface area contributed by atoms with Gasteiger partial charge in [-0.05, 0) is 38.0 Å². The Bertz CT molecular complexity index is 1150. The molecule has 1 aliphatic heterocycles. The topological polar surface area (TPSA) is 86.3 Å². The number of fused-ring (bicyclic) bond motifs is 1. The minimum atomic E-state index is -0.529. The number of nitrogens with zero attached hydrogens (tertiary/aromatic N) is 5. The minimum Gasteiger partial charge on any atom is -0.373 e. The SMILES string of the molecule is CNc1cc(C(=O)N2CCCCCC2C)nc2cc(-c3ccc(C#N)cc3F)nn12. The third-order valence-corrected chi connectivity index (χ3v) is 5.59. The van der Waals surface area contributed by atoms with Crippen LogP contribution >= 0.6 is 0 Å². The molecule has 1 amide bonds. The lowest BCUT2D eigenvalue weighted by molar-refractivity contribution is 0.0692. The van der Waals surface area contributed by atoms with E-state index in [1.54, 1.807) is 29.8 Å². The van der Waals surface area contributed by atoms with Crippen molar-refractivity contribution in [2.75, 3.05) is 18.9 Å². The highest BCUT2D eigenvalue weighted by Gasteiger charge is 2.25. The summed E-state index contributed by atoms with van der Waals surface area (Å²) in [6.07, 6.45) is 4.24. The quantitative estimate of drug-likeness (QED) is 0.714. The number of benzene rings is 1. The maximum absolute atomic E-state index is 14.5. The summed E-state index contributed by atoms with van der Waals surface area (Å²) in [7, 11) is 1.74. The number of carbonyl (C=O) groups is 1. The first-order chi connectivity index (χ1) is 14.5. The van der Waals surface area contributed by atoms with Gasteiger partial charge in [0.2, 0.25) is 0 Å². The molecular weight excluding hydrogens is 383 g/mol. The number of halogens is 1. The molecule has 1 unspecified atom stereocenters. The zero-order valence-corrected chi connectivity index (χ0v) is 17.0. The van der Waals surface area contributed by atoms with Crippen LogP contribution in [0.4, 0.5) is 10.2 Å². The molecule has 154 valence electrons. The van der Waals surface area contributed by atoms with Gasteiger partial charge >= 0.3 is 0 Å². The molecule has 0 bridgehead atoms. The van der Waals surface area contributed by atoms with E-state index < -0.39 is 5.82 Å². The van der Waals surface area contributed by atoms with Gasteiger partial charge in [0.05, 0.1) is 17.3 Å². The van der Waals surface area contributed by atoms with Gasteiger partial charge in [-0.2, -0.15) is 14.9 Å². The smallest absolute Gasteiger partial charge is 0.272 e. The van der Waals surface area contributed by atoms with Crippen LogP contribution in [0, 0.1) is 17.1 Å². The van der Waals surface area contributed by atoms with E-state index in [0.29, 0.717) is 22.9 Å². The molecule has 1 atom stereocenters. The number of aromatic nitrogens is 3. The summed E-state index contributed by atoms with van der Waals surface area (Å²) >= 11 is 0. The molecule has 30 heavy (non-hydrogen) atoms. The molecule has 0 spiro atoms. The molecular formula is C22H23FN6O. The fourth-order valence-corrected chi connectivity index (χ4v) is 3.91. The van der Waals surface area contributed by atoms with Gasteiger partial charge in [-0.1, -0.05) is 12.8 Å². The molecule has 1 fully saturated rings. The highest BCUT2D eigenvalue weighted by atomic mass is 19.1. The van der Waals surface area contributed by atoms with Crippen LogP contribution in [0.1, 0.15) is 48.7 Å². The number of carbonyl (C=O) groups excluding carboxylic acids is 1. The molecule has 0 saturated carbocycles. The molecule has 1 aromatic carbocycles.